The Morgan fingerprint density at radius 3 is 1.86 bits per heavy atom. The van der Waals surface area contributed by atoms with Crippen LogP contribution in [0.2, 0.25) is 25.7 Å². The second kappa shape index (κ2) is 9.70. The van der Waals surface area contributed by atoms with Crippen molar-refractivity contribution < 1.29 is 22.8 Å². The lowest BCUT2D eigenvalue weighted by atomic mass is 10.4. The molecule has 0 aliphatic rings. The van der Waals surface area contributed by atoms with Gasteiger partial charge < -0.3 is 22.6 Å². The molecule has 0 heterocycles. The first kappa shape index (κ1) is 20.7. The molecule has 8 heteroatoms. The van der Waals surface area contributed by atoms with Gasteiger partial charge in [-0.1, -0.05) is 19.6 Å². The minimum Gasteiger partial charge on any atom is -0.469 e. The van der Waals surface area contributed by atoms with Crippen molar-refractivity contribution in [2.75, 3.05) is 41.5 Å². The minimum atomic E-state index is -2.50. The van der Waals surface area contributed by atoms with Crippen molar-refractivity contribution in [3.05, 3.63) is 0 Å². The zero-order valence-corrected chi connectivity index (χ0v) is 16.5. The van der Waals surface area contributed by atoms with Gasteiger partial charge in [-0.25, -0.2) is 0 Å². The van der Waals surface area contributed by atoms with E-state index in [1.54, 1.807) is 21.3 Å². The van der Waals surface area contributed by atoms with E-state index in [4.69, 9.17) is 18.0 Å². The summed E-state index contributed by atoms with van der Waals surface area (Å²) in [4.78, 5) is 11.3. The third-order valence-corrected chi connectivity index (χ3v) is 8.78. The van der Waals surface area contributed by atoms with Crippen LogP contribution in [0.1, 0.15) is 12.8 Å². The molecule has 0 saturated carbocycles. The van der Waals surface area contributed by atoms with E-state index >= 15 is 0 Å². The molecule has 0 radical (unpaired) electrons. The molecule has 0 atom stereocenters. The second-order valence-corrected chi connectivity index (χ2v) is 13.9. The molecule has 0 aromatic rings. The number of rotatable bonds is 11. The number of carbonyl (C=O) groups is 1. The monoisotopic (exact) mass is 337 g/mol. The summed E-state index contributed by atoms with van der Waals surface area (Å²) in [6.45, 7) is 8.48. The van der Waals surface area contributed by atoms with E-state index < -0.39 is 17.0 Å². The van der Waals surface area contributed by atoms with Gasteiger partial charge in [0.05, 0.1) is 13.5 Å². The van der Waals surface area contributed by atoms with Crippen LogP contribution in [0.3, 0.4) is 0 Å². The highest BCUT2D eigenvalue weighted by atomic mass is 28.4. The molecule has 6 nitrogen and oxygen atoms in total. The molecule has 0 bridgehead atoms. The first-order chi connectivity index (χ1) is 9.74. The number of methoxy groups -OCH3 is 1. The van der Waals surface area contributed by atoms with Crippen LogP contribution in [0.4, 0.5) is 0 Å². The summed E-state index contributed by atoms with van der Waals surface area (Å²) >= 11 is 0. The first-order valence-corrected chi connectivity index (χ1v) is 12.6. The summed E-state index contributed by atoms with van der Waals surface area (Å²) in [5.74, 6) is -0.160. The Labute approximate surface area is 131 Å². The average Bonchev–Trinajstić information content (AvgIpc) is 2.45. The highest BCUT2D eigenvalue weighted by molar-refractivity contribution is 6.73. The molecule has 0 aromatic carbocycles. The van der Waals surface area contributed by atoms with Crippen molar-refractivity contribution in [2.45, 2.75) is 38.5 Å². The molecule has 0 aliphatic carbocycles. The van der Waals surface area contributed by atoms with Crippen LogP contribution in [-0.4, -0.2) is 69.1 Å². The van der Waals surface area contributed by atoms with Crippen LogP contribution in [0.25, 0.3) is 0 Å². The SMILES string of the molecule is COC(=O)CCN(CCC[Si](OC)(OC)OC)[Si](C)(C)C. The summed E-state index contributed by atoms with van der Waals surface area (Å²) in [6.07, 6.45) is 1.36. The zero-order valence-electron chi connectivity index (χ0n) is 14.5. The molecule has 0 aromatic heterocycles. The average molecular weight is 338 g/mol. The minimum absolute atomic E-state index is 0.160. The number of carbonyl (C=O) groups excluding carboxylic acids is 1. The Morgan fingerprint density at radius 2 is 1.48 bits per heavy atom. The Balaban J connectivity index is 4.46. The van der Waals surface area contributed by atoms with E-state index in [9.17, 15) is 4.79 Å². The summed E-state index contributed by atoms with van der Waals surface area (Å²) < 4.78 is 23.4. The van der Waals surface area contributed by atoms with E-state index in [-0.39, 0.29) is 5.97 Å². The van der Waals surface area contributed by atoms with Crippen molar-refractivity contribution in [3.8, 4) is 0 Å². The van der Waals surface area contributed by atoms with E-state index in [2.05, 4.69) is 24.2 Å². The number of hydrogen-bond donors (Lipinski definition) is 0. The molecule has 0 spiro atoms. The summed E-state index contributed by atoms with van der Waals surface area (Å²) in [6, 6.07) is 0.774. The van der Waals surface area contributed by atoms with Gasteiger partial charge in [0.25, 0.3) is 0 Å². The molecule has 0 unspecified atom stereocenters. The molecule has 0 rings (SSSR count). The standard InChI is InChI=1S/C13H31NO5Si2/c1-16-13(15)9-11-14(20(5,6)7)10-8-12-21(17-2,18-3)19-4/h8-12H2,1-7H3. The lowest BCUT2D eigenvalue weighted by Gasteiger charge is -2.34. The van der Waals surface area contributed by atoms with Gasteiger partial charge in [0.2, 0.25) is 0 Å². The quantitative estimate of drug-likeness (QED) is 0.424. The fourth-order valence-corrected chi connectivity index (χ4v) is 5.47. The highest BCUT2D eigenvalue weighted by Gasteiger charge is 2.37. The number of hydrogen-bond acceptors (Lipinski definition) is 6. The van der Waals surface area contributed by atoms with Crippen LogP contribution in [0, 0.1) is 0 Å². The van der Waals surface area contributed by atoms with Gasteiger partial charge in [-0.2, -0.15) is 0 Å². The van der Waals surface area contributed by atoms with E-state index in [0.29, 0.717) is 6.42 Å². The molecule has 0 fully saturated rings. The van der Waals surface area contributed by atoms with Gasteiger partial charge in [0, 0.05) is 33.9 Å². The molecule has 0 saturated heterocycles. The number of nitrogens with zero attached hydrogens (tertiary/aromatic N) is 1. The van der Waals surface area contributed by atoms with E-state index in [1.807, 2.05) is 0 Å². The maximum Gasteiger partial charge on any atom is 0.500 e. The highest BCUT2D eigenvalue weighted by Crippen LogP contribution is 2.18. The van der Waals surface area contributed by atoms with Crippen molar-refractivity contribution in [3.63, 3.8) is 0 Å². The van der Waals surface area contributed by atoms with Gasteiger partial charge >= 0.3 is 14.8 Å². The van der Waals surface area contributed by atoms with Crippen LogP contribution in [0.5, 0.6) is 0 Å². The predicted molar refractivity (Wildman–Crippen MR) is 87.8 cm³/mol. The lowest BCUT2D eigenvalue weighted by molar-refractivity contribution is -0.140. The Morgan fingerprint density at radius 1 is 0.952 bits per heavy atom. The topological polar surface area (TPSA) is 57.2 Å². The summed E-state index contributed by atoms with van der Waals surface area (Å²) in [7, 11) is 2.35. The van der Waals surface area contributed by atoms with Gasteiger partial charge in [-0.3, -0.25) is 4.79 Å². The molecule has 21 heavy (non-hydrogen) atoms. The smallest absolute Gasteiger partial charge is 0.469 e. The van der Waals surface area contributed by atoms with Gasteiger partial charge in [-0.15, -0.1) is 0 Å². The zero-order chi connectivity index (χ0) is 16.5. The molecule has 0 amide bonds. The molecule has 0 N–H and O–H groups in total. The van der Waals surface area contributed by atoms with Crippen molar-refractivity contribution >= 4 is 23.0 Å². The van der Waals surface area contributed by atoms with Crippen molar-refractivity contribution in [1.29, 1.82) is 0 Å². The first-order valence-electron chi connectivity index (χ1n) is 7.22. The third kappa shape index (κ3) is 7.52. The maximum atomic E-state index is 11.3. The number of esters is 1. The van der Waals surface area contributed by atoms with E-state index in [0.717, 1.165) is 25.6 Å². The van der Waals surface area contributed by atoms with Crippen LogP contribution in [0.15, 0.2) is 0 Å². The van der Waals surface area contributed by atoms with Crippen molar-refractivity contribution in [2.24, 2.45) is 0 Å². The molecule has 126 valence electrons. The summed E-state index contributed by atoms with van der Waals surface area (Å²) in [5, 5.41) is 0. The van der Waals surface area contributed by atoms with Gasteiger partial charge in [0.1, 0.15) is 8.24 Å². The van der Waals surface area contributed by atoms with Gasteiger partial charge in [-0.05, 0) is 13.0 Å². The Bertz CT molecular complexity index is 297. The predicted octanol–water partition coefficient (Wildman–Crippen LogP) is 1.95. The summed E-state index contributed by atoms with van der Waals surface area (Å²) in [5.41, 5.74) is 0. The normalized spacial score (nSPS) is 12.8. The fourth-order valence-electron chi connectivity index (χ4n) is 2.15. The number of ether oxygens (including phenoxy) is 1. The third-order valence-electron chi connectivity index (χ3n) is 3.61. The van der Waals surface area contributed by atoms with Crippen LogP contribution >= 0.6 is 0 Å². The maximum absolute atomic E-state index is 11.3. The molecular formula is C13H31NO5Si2. The van der Waals surface area contributed by atoms with Crippen LogP contribution in [-0.2, 0) is 22.8 Å². The van der Waals surface area contributed by atoms with Gasteiger partial charge in [0.15, 0.2) is 0 Å². The largest absolute Gasteiger partial charge is 0.500 e. The Kier molecular flexibility index (Phi) is 9.58. The van der Waals surface area contributed by atoms with Crippen molar-refractivity contribution in [1.82, 2.24) is 4.57 Å². The lowest BCUT2D eigenvalue weighted by Crippen LogP contribution is -2.48. The van der Waals surface area contributed by atoms with Crippen LogP contribution < -0.4 is 0 Å². The fraction of sp³-hybridized carbons (Fsp3) is 0.923. The van der Waals surface area contributed by atoms with E-state index in [1.165, 1.54) is 7.11 Å². The molecule has 0 aliphatic heterocycles. The molecular weight excluding hydrogens is 306 g/mol. The second-order valence-electron chi connectivity index (χ2n) is 5.88. The Hall–Kier alpha value is -0.256.